The summed E-state index contributed by atoms with van der Waals surface area (Å²) >= 11 is 0. The van der Waals surface area contributed by atoms with Gasteiger partial charge in [0.2, 0.25) is 0 Å². The molecule has 5 N–H and O–H groups in total. The van der Waals surface area contributed by atoms with Crippen LogP contribution < -0.4 is 11.5 Å². The zero-order chi connectivity index (χ0) is 11.8. The van der Waals surface area contributed by atoms with Crippen molar-refractivity contribution >= 4 is 5.96 Å². The minimum atomic E-state index is 0.126. The molecule has 0 bridgehead atoms. The molecule has 0 unspecified atom stereocenters. The highest BCUT2D eigenvalue weighted by atomic mass is 15.2. The Kier molecular flexibility index (Phi) is 5.36. The second kappa shape index (κ2) is 6.85. The summed E-state index contributed by atoms with van der Waals surface area (Å²) < 4.78 is 0. The molecule has 4 heteroatoms. The summed E-state index contributed by atoms with van der Waals surface area (Å²) in [6.07, 6.45) is 1.95. The Hall–Kier alpha value is -1.55. The number of hydrogen-bond donors (Lipinski definition) is 3. The number of benzene rings is 1. The van der Waals surface area contributed by atoms with Crippen molar-refractivity contribution < 1.29 is 0 Å². The van der Waals surface area contributed by atoms with E-state index in [0.717, 1.165) is 19.4 Å². The lowest BCUT2D eigenvalue weighted by atomic mass is 10.2. The molecule has 16 heavy (non-hydrogen) atoms. The lowest BCUT2D eigenvalue weighted by Crippen LogP contribution is -2.36. The second-order valence-corrected chi connectivity index (χ2v) is 3.79. The maximum atomic E-state index is 7.51. The highest BCUT2D eigenvalue weighted by molar-refractivity contribution is 5.74. The average molecular weight is 220 g/mol. The van der Waals surface area contributed by atoms with Crippen LogP contribution in [0.5, 0.6) is 0 Å². The van der Waals surface area contributed by atoms with Crippen LogP contribution >= 0.6 is 0 Å². The lowest BCUT2D eigenvalue weighted by molar-refractivity contribution is 0.393. The van der Waals surface area contributed by atoms with Gasteiger partial charge in [-0.2, -0.15) is 0 Å². The van der Waals surface area contributed by atoms with Gasteiger partial charge in [-0.15, -0.1) is 0 Å². The third kappa shape index (κ3) is 4.31. The van der Waals surface area contributed by atoms with Crippen molar-refractivity contribution in [3.05, 3.63) is 35.9 Å². The summed E-state index contributed by atoms with van der Waals surface area (Å²) in [6, 6.07) is 10.1. The molecule has 0 radical (unpaired) electrons. The highest BCUT2D eigenvalue weighted by Crippen LogP contribution is 2.05. The number of unbranched alkanes of at least 4 members (excludes halogenated alkanes) is 1. The smallest absolute Gasteiger partial charge is 0.188 e. The number of guanidine groups is 1. The Bertz CT molecular complexity index is 310. The van der Waals surface area contributed by atoms with Gasteiger partial charge in [0.25, 0.3) is 0 Å². The zero-order valence-corrected chi connectivity index (χ0v) is 9.52. The summed E-state index contributed by atoms with van der Waals surface area (Å²) in [5.74, 6) is 0.126. The predicted molar refractivity (Wildman–Crippen MR) is 67.1 cm³/mol. The fourth-order valence-electron chi connectivity index (χ4n) is 1.54. The molecular formula is C12H20N4. The first-order chi connectivity index (χ1) is 7.74. The van der Waals surface area contributed by atoms with Crippen LogP contribution in [-0.4, -0.2) is 23.9 Å². The molecule has 88 valence electrons. The zero-order valence-electron chi connectivity index (χ0n) is 9.52. The number of nitrogens with zero attached hydrogens (tertiary/aromatic N) is 1. The Morgan fingerprint density at radius 3 is 2.44 bits per heavy atom. The summed E-state index contributed by atoms with van der Waals surface area (Å²) in [5, 5.41) is 7.51. The fourth-order valence-corrected chi connectivity index (χ4v) is 1.54. The second-order valence-electron chi connectivity index (χ2n) is 3.79. The molecule has 1 rings (SSSR count). The van der Waals surface area contributed by atoms with Gasteiger partial charge in [-0.05, 0) is 24.9 Å². The normalized spacial score (nSPS) is 10.1. The van der Waals surface area contributed by atoms with Gasteiger partial charge < -0.3 is 16.4 Å². The van der Waals surface area contributed by atoms with Gasteiger partial charge in [0.15, 0.2) is 5.96 Å². The van der Waals surface area contributed by atoms with E-state index in [4.69, 9.17) is 16.9 Å². The van der Waals surface area contributed by atoms with Crippen molar-refractivity contribution in [2.45, 2.75) is 19.4 Å². The molecule has 0 aliphatic rings. The van der Waals surface area contributed by atoms with E-state index in [9.17, 15) is 0 Å². The van der Waals surface area contributed by atoms with Crippen molar-refractivity contribution in [1.29, 1.82) is 5.41 Å². The van der Waals surface area contributed by atoms with Crippen LogP contribution in [-0.2, 0) is 6.54 Å². The third-order valence-electron chi connectivity index (χ3n) is 2.44. The van der Waals surface area contributed by atoms with Crippen LogP contribution in [0.4, 0.5) is 0 Å². The van der Waals surface area contributed by atoms with Gasteiger partial charge in [0.1, 0.15) is 0 Å². The monoisotopic (exact) mass is 220 g/mol. The number of rotatable bonds is 6. The molecule has 0 saturated carbocycles. The fraction of sp³-hybridized carbons (Fsp3) is 0.417. The predicted octanol–water partition coefficient (Wildman–Crippen LogP) is 1.12. The van der Waals surface area contributed by atoms with Gasteiger partial charge >= 0.3 is 0 Å². The highest BCUT2D eigenvalue weighted by Gasteiger charge is 2.06. The molecule has 1 aromatic rings. The average Bonchev–Trinajstić information content (AvgIpc) is 2.29. The summed E-state index contributed by atoms with van der Waals surface area (Å²) in [6.45, 7) is 2.18. The lowest BCUT2D eigenvalue weighted by Gasteiger charge is -2.22. The third-order valence-corrected chi connectivity index (χ3v) is 2.44. The van der Waals surface area contributed by atoms with Crippen LogP contribution in [0.15, 0.2) is 30.3 Å². The molecule has 0 heterocycles. The maximum Gasteiger partial charge on any atom is 0.188 e. The van der Waals surface area contributed by atoms with E-state index in [-0.39, 0.29) is 5.96 Å². The van der Waals surface area contributed by atoms with E-state index in [1.54, 1.807) is 0 Å². The number of nitrogens with two attached hydrogens (primary N) is 2. The van der Waals surface area contributed by atoms with Crippen LogP contribution in [0.25, 0.3) is 0 Å². The number of hydrogen-bond acceptors (Lipinski definition) is 2. The van der Waals surface area contributed by atoms with Crippen molar-refractivity contribution in [2.75, 3.05) is 13.1 Å². The summed E-state index contributed by atoms with van der Waals surface area (Å²) in [5.41, 5.74) is 12.2. The van der Waals surface area contributed by atoms with E-state index in [1.165, 1.54) is 5.56 Å². The standard InChI is InChI=1S/C12H20N4/c13-8-4-5-9-16(12(14)15)10-11-6-2-1-3-7-11/h1-3,6-7H,4-5,8-10,13H2,(H3,14,15). The van der Waals surface area contributed by atoms with Crippen molar-refractivity contribution in [3.63, 3.8) is 0 Å². The van der Waals surface area contributed by atoms with E-state index in [2.05, 4.69) is 0 Å². The molecule has 0 atom stereocenters. The first kappa shape index (κ1) is 12.5. The van der Waals surface area contributed by atoms with Gasteiger partial charge in [0, 0.05) is 13.1 Å². The van der Waals surface area contributed by atoms with Crippen LogP contribution in [0, 0.1) is 5.41 Å². The van der Waals surface area contributed by atoms with Gasteiger partial charge in [0.05, 0.1) is 0 Å². The van der Waals surface area contributed by atoms with Crippen LogP contribution in [0.3, 0.4) is 0 Å². The summed E-state index contributed by atoms with van der Waals surface area (Å²) in [4.78, 5) is 1.87. The molecule has 4 nitrogen and oxygen atoms in total. The molecular weight excluding hydrogens is 200 g/mol. The van der Waals surface area contributed by atoms with Crippen LogP contribution in [0.1, 0.15) is 18.4 Å². The number of nitrogens with one attached hydrogen (secondary N) is 1. The minimum Gasteiger partial charge on any atom is -0.370 e. The van der Waals surface area contributed by atoms with Gasteiger partial charge in [-0.3, -0.25) is 5.41 Å². The first-order valence-electron chi connectivity index (χ1n) is 5.57. The van der Waals surface area contributed by atoms with Crippen molar-refractivity contribution in [2.24, 2.45) is 11.5 Å². The molecule has 1 aromatic carbocycles. The Morgan fingerprint density at radius 1 is 1.19 bits per heavy atom. The molecule has 0 spiro atoms. The maximum absolute atomic E-state index is 7.51. The van der Waals surface area contributed by atoms with E-state index >= 15 is 0 Å². The topological polar surface area (TPSA) is 79.1 Å². The van der Waals surface area contributed by atoms with Crippen molar-refractivity contribution in [3.8, 4) is 0 Å². The largest absolute Gasteiger partial charge is 0.370 e. The van der Waals surface area contributed by atoms with Gasteiger partial charge in [-0.25, -0.2) is 0 Å². The Balaban J connectivity index is 2.48. The molecule has 0 aliphatic heterocycles. The first-order valence-corrected chi connectivity index (χ1v) is 5.57. The van der Waals surface area contributed by atoms with Gasteiger partial charge in [-0.1, -0.05) is 30.3 Å². The van der Waals surface area contributed by atoms with E-state index < -0.39 is 0 Å². The van der Waals surface area contributed by atoms with E-state index in [0.29, 0.717) is 13.1 Å². The molecule has 0 aliphatic carbocycles. The SMILES string of the molecule is N=C(N)N(CCCCN)Cc1ccccc1. The Labute approximate surface area is 96.7 Å². The van der Waals surface area contributed by atoms with Crippen molar-refractivity contribution in [1.82, 2.24) is 4.90 Å². The molecule has 0 fully saturated rings. The molecule has 0 aromatic heterocycles. The minimum absolute atomic E-state index is 0.126. The van der Waals surface area contributed by atoms with Crippen LogP contribution in [0.2, 0.25) is 0 Å². The Morgan fingerprint density at radius 2 is 1.88 bits per heavy atom. The molecule has 0 saturated heterocycles. The quantitative estimate of drug-likeness (QED) is 0.382. The van der Waals surface area contributed by atoms with E-state index in [1.807, 2.05) is 35.2 Å². The summed E-state index contributed by atoms with van der Waals surface area (Å²) in [7, 11) is 0. The molecule has 0 amide bonds.